The number of hydrogen-bond acceptors (Lipinski definition) is 4. The van der Waals surface area contributed by atoms with Crippen LogP contribution in [0.1, 0.15) is 5.69 Å². The van der Waals surface area contributed by atoms with E-state index in [1.165, 1.54) is 15.9 Å². The molecule has 0 amide bonds. The molecule has 0 aliphatic carbocycles. The minimum absolute atomic E-state index is 0.135. The Morgan fingerprint density at radius 1 is 1.39 bits per heavy atom. The third-order valence-corrected chi connectivity index (χ3v) is 3.83. The normalized spacial score (nSPS) is 10.9. The lowest BCUT2D eigenvalue weighted by molar-refractivity contribution is 0.921. The topological polar surface area (TPSA) is 50.7 Å². The molecule has 0 spiro atoms. The van der Waals surface area contributed by atoms with Crippen molar-refractivity contribution in [1.29, 1.82) is 0 Å². The number of nitrogens with one attached hydrogen (secondary N) is 1. The van der Waals surface area contributed by atoms with Gasteiger partial charge in [0.25, 0.3) is 5.56 Å². The molecule has 3 aromatic rings. The highest BCUT2D eigenvalue weighted by molar-refractivity contribution is 7.71. The van der Waals surface area contributed by atoms with Crippen molar-refractivity contribution in [3.05, 3.63) is 50.5 Å². The summed E-state index contributed by atoms with van der Waals surface area (Å²) in [7, 11) is 0. The zero-order chi connectivity index (χ0) is 12.7. The Kier molecular flexibility index (Phi) is 2.61. The molecule has 0 saturated carbocycles. The van der Waals surface area contributed by atoms with Gasteiger partial charge in [-0.2, -0.15) is 0 Å². The quantitative estimate of drug-likeness (QED) is 0.695. The van der Waals surface area contributed by atoms with Gasteiger partial charge in [0.05, 0.1) is 16.6 Å². The van der Waals surface area contributed by atoms with Crippen LogP contribution in [0.3, 0.4) is 0 Å². The van der Waals surface area contributed by atoms with Crippen molar-refractivity contribution in [1.82, 2.24) is 14.5 Å². The largest absolute Gasteiger partial charge is 0.331 e. The maximum absolute atomic E-state index is 12.4. The van der Waals surface area contributed by atoms with Gasteiger partial charge in [0, 0.05) is 5.38 Å². The van der Waals surface area contributed by atoms with Crippen molar-refractivity contribution in [2.24, 2.45) is 0 Å². The van der Waals surface area contributed by atoms with Crippen molar-refractivity contribution in [2.45, 2.75) is 6.92 Å². The maximum atomic E-state index is 12.4. The van der Waals surface area contributed by atoms with Gasteiger partial charge >= 0.3 is 0 Å². The fourth-order valence-corrected chi connectivity index (χ4v) is 2.92. The molecule has 90 valence electrons. The summed E-state index contributed by atoms with van der Waals surface area (Å²) in [6.07, 6.45) is 0. The number of thiazole rings is 1. The maximum Gasteiger partial charge on any atom is 0.268 e. The summed E-state index contributed by atoms with van der Waals surface area (Å²) in [5.74, 6) is 0. The predicted molar refractivity (Wildman–Crippen MR) is 75.1 cm³/mol. The van der Waals surface area contributed by atoms with Gasteiger partial charge in [-0.15, -0.1) is 11.3 Å². The molecule has 6 heteroatoms. The lowest BCUT2D eigenvalue weighted by Crippen LogP contribution is -2.20. The van der Waals surface area contributed by atoms with Crippen molar-refractivity contribution >= 4 is 34.5 Å². The first-order valence-corrected chi connectivity index (χ1v) is 6.62. The number of H-pyrrole nitrogens is 1. The fourth-order valence-electron chi connectivity index (χ4n) is 1.78. The first-order chi connectivity index (χ1) is 8.66. The van der Waals surface area contributed by atoms with E-state index in [-0.39, 0.29) is 5.56 Å². The molecule has 0 unspecified atom stereocenters. The summed E-state index contributed by atoms with van der Waals surface area (Å²) in [5, 5.41) is 3.11. The summed E-state index contributed by atoms with van der Waals surface area (Å²) < 4.78 is 1.81. The third-order valence-electron chi connectivity index (χ3n) is 2.60. The van der Waals surface area contributed by atoms with E-state index in [9.17, 15) is 4.79 Å². The molecule has 1 aromatic carbocycles. The first kappa shape index (κ1) is 11.3. The number of nitrogens with zero attached hydrogens (tertiary/aromatic N) is 2. The number of aromatic nitrogens is 3. The summed E-state index contributed by atoms with van der Waals surface area (Å²) in [6.45, 7) is 1.89. The molecule has 0 aliphatic heterocycles. The van der Waals surface area contributed by atoms with Crippen LogP contribution in [-0.4, -0.2) is 14.5 Å². The highest BCUT2D eigenvalue weighted by Gasteiger charge is 2.09. The smallest absolute Gasteiger partial charge is 0.268 e. The van der Waals surface area contributed by atoms with Gasteiger partial charge in [-0.1, -0.05) is 12.1 Å². The number of rotatable bonds is 1. The molecular weight excluding hydrogens is 266 g/mol. The van der Waals surface area contributed by atoms with Gasteiger partial charge in [0.1, 0.15) is 0 Å². The van der Waals surface area contributed by atoms with Crippen molar-refractivity contribution in [3.63, 3.8) is 0 Å². The molecule has 2 heterocycles. The summed E-state index contributed by atoms with van der Waals surface area (Å²) >= 11 is 6.64. The number of aryl methyl sites for hydroxylation is 1. The molecule has 0 bridgehead atoms. The van der Waals surface area contributed by atoms with E-state index in [1.54, 1.807) is 6.07 Å². The van der Waals surface area contributed by atoms with Crippen LogP contribution in [0.15, 0.2) is 34.4 Å². The van der Waals surface area contributed by atoms with E-state index in [1.807, 2.05) is 30.5 Å². The van der Waals surface area contributed by atoms with Crippen molar-refractivity contribution in [3.8, 4) is 5.13 Å². The number of fused-ring (bicyclic) bond motifs is 1. The van der Waals surface area contributed by atoms with Crippen LogP contribution >= 0.6 is 23.6 Å². The minimum atomic E-state index is -0.135. The molecule has 2 aromatic heterocycles. The summed E-state index contributed by atoms with van der Waals surface area (Å²) in [5.41, 5.74) is 1.49. The molecule has 3 rings (SSSR count). The van der Waals surface area contributed by atoms with Crippen LogP contribution < -0.4 is 5.56 Å². The fraction of sp³-hybridized carbons (Fsp3) is 0.0833. The van der Waals surface area contributed by atoms with E-state index < -0.39 is 0 Å². The average Bonchev–Trinajstić information content (AvgIpc) is 2.76. The Morgan fingerprint density at radius 3 is 2.89 bits per heavy atom. The van der Waals surface area contributed by atoms with Crippen LogP contribution in [0.4, 0.5) is 0 Å². The predicted octanol–water partition coefficient (Wildman–Crippen LogP) is 2.81. The second kappa shape index (κ2) is 4.15. The molecule has 4 nitrogen and oxygen atoms in total. The number of para-hydroxylation sites is 1. The van der Waals surface area contributed by atoms with Crippen LogP contribution in [0.2, 0.25) is 0 Å². The minimum Gasteiger partial charge on any atom is -0.331 e. The molecule has 0 fully saturated rings. The van der Waals surface area contributed by atoms with Gasteiger partial charge in [-0.05, 0) is 31.3 Å². The standard InChI is InChI=1S/C12H9N3OS2/c1-7-6-18-12(13-7)15-10(16)8-4-2-3-5-9(8)14-11(15)17/h2-6H,1H3,(H,14,17). The van der Waals surface area contributed by atoms with Crippen LogP contribution in [0.25, 0.3) is 16.0 Å². The van der Waals surface area contributed by atoms with Gasteiger partial charge < -0.3 is 4.98 Å². The summed E-state index contributed by atoms with van der Waals surface area (Å²) in [6, 6.07) is 7.31. The first-order valence-electron chi connectivity index (χ1n) is 5.33. The Bertz CT molecular complexity index is 844. The molecule has 1 N–H and O–H groups in total. The molecule has 18 heavy (non-hydrogen) atoms. The van der Waals surface area contributed by atoms with E-state index in [4.69, 9.17) is 12.2 Å². The van der Waals surface area contributed by atoms with Crippen molar-refractivity contribution < 1.29 is 0 Å². The average molecular weight is 275 g/mol. The monoisotopic (exact) mass is 275 g/mol. The van der Waals surface area contributed by atoms with Crippen LogP contribution in [-0.2, 0) is 0 Å². The Labute approximate surface area is 112 Å². The number of aromatic amines is 1. The van der Waals surface area contributed by atoms with E-state index in [0.29, 0.717) is 15.3 Å². The lowest BCUT2D eigenvalue weighted by Gasteiger charge is -2.04. The Hall–Kier alpha value is -1.79. The number of benzene rings is 1. The molecule has 0 aliphatic rings. The molecule has 0 atom stereocenters. The third kappa shape index (κ3) is 1.70. The van der Waals surface area contributed by atoms with Gasteiger partial charge in [0.15, 0.2) is 9.90 Å². The molecular formula is C12H9N3OS2. The Morgan fingerprint density at radius 2 is 2.17 bits per heavy atom. The zero-order valence-corrected chi connectivity index (χ0v) is 11.1. The van der Waals surface area contributed by atoms with Gasteiger partial charge in [-0.3, -0.25) is 4.79 Å². The molecule has 0 saturated heterocycles. The highest BCUT2D eigenvalue weighted by atomic mass is 32.1. The van der Waals surface area contributed by atoms with E-state index in [0.717, 1.165) is 11.2 Å². The van der Waals surface area contributed by atoms with E-state index >= 15 is 0 Å². The molecule has 0 radical (unpaired) electrons. The summed E-state index contributed by atoms with van der Waals surface area (Å²) in [4.78, 5) is 19.8. The van der Waals surface area contributed by atoms with Gasteiger partial charge in [-0.25, -0.2) is 9.55 Å². The van der Waals surface area contributed by atoms with Crippen LogP contribution in [0.5, 0.6) is 0 Å². The van der Waals surface area contributed by atoms with Crippen LogP contribution in [0, 0.1) is 11.7 Å². The zero-order valence-electron chi connectivity index (χ0n) is 9.51. The second-order valence-electron chi connectivity index (χ2n) is 3.89. The second-order valence-corrected chi connectivity index (χ2v) is 5.11. The number of hydrogen-bond donors (Lipinski definition) is 1. The van der Waals surface area contributed by atoms with Gasteiger partial charge in [0.2, 0.25) is 0 Å². The SMILES string of the molecule is Cc1csc(-n2c(=S)[nH]c3ccccc3c2=O)n1. The Balaban J connectivity index is 2.44. The van der Waals surface area contributed by atoms with E-state index in [2.05, 4.69) is 9.97 Å². The van der Waals surface area contributed by atoms with Crippen molar-refractivity contribution in [2.75, 3.05) is 0 Å². The lowest BCUT2D eigenvalue weighted by atomic mass is 10.2. The highest BCUT2D eigenvalue weighted by Crippen LogP contribution is 2.14.